The van der Waals surface area contributed by atoms with Gasteiger partial charge in [-0.25, -0.2) is 0 Å². The first-order valence-electron chi connectivity index (χ1n) is 6.69. The molecule has 0 saturated carbocycles. The normalized spacial score (nSPS) is 11.9. The van der Waals surface area contributed by atoms with Gasteiger partial charge in [-0.2, -0.15) is 0 Å². The Morgan fingerprint density at radius 3 is 2.67 bits per heavy atom. The van der Waals surface area contributed by atoms with Crippen molar-refractivity contribution in [2.75, 3.05) is 6.54 Å². The van der Waals surface area contributed by atoms with Crippen molar-refractivity contribution < 1.29 is 9.53 Å². The van der Waals surface area contributed by atoms with Crippen molar-refractivity contribution in [2.24, 2.45) is 0 Å². The first-order valence-corrected chi connectivity index (χ1v) is 6.69. The average Bonchev–Trinajstić information content (AvgIpc) is 2.38. The highest BCUT2D eigenvalue weighted by Crippen LogP contribution is 2.18. The zero-order valence-corrected chi connectivity index (χ0v) is 11.5. The number of aryl methyl sites for hydroxylation is 1. The molecule has 1 aromatic rings. The minimum Gasteiger partial charge on any atom is -0.480 e. The Kier molecular flexibility index (Phi) is 6.26. The van der Waals surface area contributed by atoms with Crippen LogP contribution in [0.5, 0.6) is 5.75 Å². The fourth-order valence-electron chi connectivity index (χ4n) is 1.67. The number of amides is 1. The molecule has 3 nitrogen and oxygen atoms in total. The Bertz CT molecular complexity index is 377. The van der Waals surface area contributed by atoms with E-state index in [0.717, 1.165) is 30.7 Å². The van der Waals surface area contributed by atoms with Crippen LogP contribution in [0.25, 0.3) is 0 Å². The van der Waals surface area contributed by atoms with Crippen molar-refractivity contribution in [1.82, 2.24) is 5.32 Å². The number of benzene rings is 1. The lowest BCUT2D eigenvalue weighted by Gasteiger charge is -2.18. The number of carbonyl (C=O) groups excluding carboxylic acids is 1. The lowest BCUT2D eigenvalue weighted by atomic mass is 10.2. The molecule has 0 aliphatic rings. The third kappa shape index (κ3) is 4.40. The quantitative estimate of drug-likeness (QED) is 0.754. The molecular formula is C15H23NO2. The molecule has 1 amide bonds. The van der Waals surface area contributed by atoms with Crippen molar-refractivity contribution in [3.05, 3.63) is 29.8 Å². The summed E-state index contributed by atoms with van der Waals surface area (Å²) < 4.78 is 5.77. The second-order valence-corrected chi connectivity index (χ2v) is 4.42. The van der Waals surface area contributed by atoms with E-state index < -0.39 is 6.10 Å². The standard InChI is InChI=1S/C15H23NO2/c1-4-6-11-16-15(17)13(5-2)18-14-10-8-7-9-12(14)3/h7-10,13H,4-6,11H2,1-3H3,(H,16,17). The van der Waals surface area contributed by atoms with Crippen LogP contribution in [0.15, 0.2) is 24.3 Å². The molecule has 0 heterocycles. The molecule has 0 saturated heterocycles. The van der Waals surface area contributed by atoms with E-state index in [1.807, 2.05) is 38.1 Å². The van der Waals surface area contributed by atoms with Gasteiger partial charge in [0.05, 0.1) is 0 Å². The third-order valence-corrected chi connectivity index (χ3v) is 2.86. The van der Waals surface area contributed by atoms with Crippen LogP contribution in [0.2, 0.25) is 0 Å². The summed E-state index contributed by atoms with van der Waals surface area (Å²) in [5, 5.41) is 2.91. The van der Waals surface area contributed by atoms with Crippen molar-refractivity contribution in [3.8, 4) is 5.75 Å². The molecule has 3 heteroatoms. The molecule has 1 atom stereocenters. The van der Waals surface area contributed by atoms with Crippen LogP contribution < -0.4 is 10.1 Å². The first-order chi connectivity index (χ1) is 8.69. The molecule has 1 unspecified atom stereocenters. The monoisotopic (exact) mass is 249 g/mol. The van der Waals surface area contributed by atoms with Gasteiger partial charge >= 0.3 is 0 Å². The number of hydrogen-bond donors (Lipinski definition) is 1. The van der Waals surface area contributed by atoms with Crippen LogP contribution in [0.3, 0.4) is 0 Å². The van der Waals surface area contributed by atoms with Crippen molar-refractivity contribution >= 4 is 5.91 Å². The molecular weight excluding hydrogens is 226 g/mol. The lowest BCUT2D eigenvalue weighted by molar-refractivity contribution is -0.128. The molecule has 1 rings (SSSR count). The predicted molar refractivity (Wildman–Crippen MR) is 73.8 cm³/mol. The lowest BCUT2D eigenvalue weighted by Crippen LogP contribution is -2.38. The van der Waals surface area contributed by atoms with Gasteiger partial charge in [0, 0.05) is 6.54 Å². The Balaban J connectivity index is 2.56. The smallest absolute Gasteiger partial charge is 0.261 e. The Labute approximate surface area is 110 Å². The van der Waals surface area contributed by atoms with Gasteiger partial charge in [0.1, 0.15) is 5.75 Å². The summed E-state index contributed by atoms with van der Waals surface area (Å²) in [4.78, 5) is 11.9. The van der Waals surface area contributed by atoms with Gasteiger partial charge in [-0.15, -0.1) is 0 Å². The summed E-state index contributed by atoms with van der Waals surface area (Å²) >= 11 is 0. The zero-order valence-electron chi connectivity index (χ0n) is 11.5. The number of para-hydroxylation sites is 1. The maximum Gasteiger partial charge on any atom is 0.261 e. The number of carbonyl (C=O) groups is 1. The van der Waals surface area contributed by atoms with Gasteiger partial charge in [-0.1, -0.05) is 38.5 Å². The largest absolute Gasteiger partial charge is 0.480 e. The van der Waals surface area contributed by atoms with E-state index in [9.17, 15) is 4.79 Å². The van der Waals surface area contributed by atoms with Crippen LogP contribution >= 0.6 is 0 Å². The summed E-state index contributed by atoms with van der Waals surface area (Å²) in [6.07, 6.45) is 2.36. The highest BCUT2D eigenvalue weighted by atomic mass is 16.5. The van der Waals surface area contributed by atoms with E-state index in [1.54, 1.807) is 0 Å². The molecule has 0 radical (unpaired) electrons. The van der Waals surface area contributed by atoms with E-state index >= 15 is 0 Å². The van der Waals surface area contributed by atoms with Gasteiger partial charge < -0.3 is 10.1 Å². The van der Waals surface area contributed by atoms with E-state index in [-0.39, 0.29) is 5.91 Å². The van der Waals surface area contributed by atoms with E-state index in [4.69, 9.17) is 4.74 Å². The SMILES string of the molecule is CCCCNC(=O)C(CC)Oc1ccccc1C. The molecule has 18 heavy (non-hydrogen) atoms. The highest BCUT2D eigenvalue weighted by Gasteiger charge is 2.18. The fraction of sp³-hybridized carbons (Fsp3) is 0.533. The molecule has 0 fully saturated rings. The summed E-state index contributed by atoms with van der Waals surface area (Å²) in [6, 6.07) is 7.77. The van der Waals surface area contributed by atoms with Crippen LogP contribution in [0.4, 0.5) is 0 Å². The van der Waals surface area contributed by atoms with Crippen molar-refractivity contribution in [1.29, 1.82) is 0 Å². The molecule has 0 bridgehead atoms. The van der Waals surface area contributed by atoms with Crippen LogP contribution in [0, 0.1) is 6.92 Å². The molecule has 1 N–H and O–H groups in total. The van der Waals surface area contributed by atoms with Crippen molar-refractivity contribution in [2.45, 2.75) is 46.1 Å². The third-order valence-electron chi connectivity index (χ3n) is 2.86. The maximum absolute atomic E-state index is 11.9. The molecule has 100 valence electrons. The van der Waals surface area contributed by atoms with Gasteiger partial charge in [0.25, 0.3) is 5.91 Å². The van der Waals surface area contributed by atoms with Crippen LogP contribution in [0.1, 0.15) is 38.7 Å². The first kappa shape index (κ1) is 14.6. The maximum atomic E-state index is 11.9. The minimum atomic E-state index is -0.400. The average molecular weight is 249 g/mol. The molecule has 0 aliphatic carbocycles. The van der Waals surface area contributed by atoms with Gasteiger partial charge in [-0.05, 0) is 31.4 Å². The Morgan fingerprint density at radius 1 is 1.33 bits per heavy atom. The topological polar surface area (TPSA) is 38.3 Å². The van der Waals surface area contributed by atoms with Crippen molar-refractivity contribution in [3.63, 3.8) is 0 Å². The summed E-state index contributed by atoms with van der Waals surface area (Å²) in [7, 11) is 0. The Morgan fingerprint density at radius 2 is 2.06 bits per heavy atom. The molecule has 1 aromatic carbocycles. The van der Waals surface area contributed by atoms with E-state index in [1.165, 1.54) is 0 Å². The van der Waals surface area contributed by atoms with Gasteiger partial charge in [0.2, 0.25) is 0 Å². The zero-order chi connectivity index (χ0) is 13.4. The molecule has 0 aromatic heterocycles. The summed E-state index contributed by atoms with van der Waals surface area (Å²) in [6.45, 7) is 6.77. The fourth-order valence-corrected chi connectivity index (χ4v) is 1.67. The minimum absolute atomic E-state index is 0.0193. The van der Waals surface area contributed by atoms with Gasteiger partial charge in [0.15, 0.2) is 6.10 Å². The second kappa shape index (κ2) is 7.75. The second-order valence-electron chi connectivity index (χ2n) is 4.42. The Hall–Kier alpha value is -1.51. The van der Waals surface area contributed by atoms with E-state index in [2.05, 4.69) is 12.2 Å². The number of nitrogens with one attached hydrogen (secondary N) is 1. The summed E-state index contributed by atoms with van der Waals surface area (Å²) in [5.74, 6) is 0.768. The van der Waals surface area contributed by atoms with E-state index in [0.29, 0.717) is 6.42 Å². The van der Waals surface area contributed by atoms with Crippen LogP contribution in [-0.2, 0) is 4.79 Å². The number of unbranched alkanes of at least 4 members (excludes halogenated alkanes) is 1. The number of ether oxygens (including phenoxy) is 1. The summed E-state index contributed by atoms with van der Waals surface area (Å²) in [5.41, 5.74) is 1.05. The molecule has 0 spiro atoms. The number of hydrogen-bond acceptors (Lipinski definition) is 2. The van der Waals surface area contributed by atoms with Gasteiger partial charge in [-0.3, -0.25) is 4.79 Å². The number of rotatable bonds is 7. The van der Waals surface area contributed by atoms with Crippen LogP contribution in [-0.4, -0.2) is 18.6 Å². The predicted octanol–water partition coefficient (Wildman–Crippen LogP) is 3.07. The highest BCUT2D eigenvalue weighted by molar-refractivity contribution is 5.81. The molecule has 0 aliphatic heterocycles.